The second kappa shape index (κ2) is 8.81. The first-order valence-electron chi connectivity index (χ1n) is 10.5. The van der Waals surface area contributed by atoms with Crippen molar-refractivity contribution in [2.45, 2.75) is 32.4 Å². The zero-order chi connectivity index (χ0) is 22.3. The molecule has 0 spiro atoms. The topological polar surface area (TPSA) is 61.7 Å². The molecule has 1 aliphatic heterocycles. The van der Waals surface area contributed by atoms with E-state index in [0.717, 1.165) is 43.1 Å². The van der Waals surface area contributed by atoms with Gasteiger partial charge in [0, 0.05) is 49.7 Å². The molecule has 2 heterocycles. The molecular formula is C22H27Cl2N5O2. The van der Waals surface area contributed by atoms with Crippen molar-refractivity contribution in [3.63, 3.8) is 0 Å². The first kappa shape index (κ1) is 22.1. The summed E-state index contributed by atoms with van der Waals surface area (Å²) < 4.78 is 1.33. The van der Waals surface area contributed by atoms with Crippen molar-refractivity contribution in [3.05, 3.63) is 46.2 Å². The quantitative estimate of drug-likeness (QED) is 0.687. The highest BCUT2D eigenvalue weighted by Crippen LogP contribution is 2.40. The third-order valence-electron chi connectivity index (χ3n) is 6.67. The van der Waals surface area contributed by atoms with Gasteiger partial charge in [-0.2, -0.15) is 9.78 Å². The monoisotopic (exact) mass is 463 g/mol. The minimum absolute atomic E-state index is 0.100. The maximum Gasteiger partial charge on any atom is 0.344 e. The standard InChI is InChI=1S/C22H27Cl2N5O2/c1-14(30)27(3)20-9-25-29(13-20)22(31)28-11-15-7-19(8-16(15)12-28)26(2)10-17-6-18(23)4-5-21(17)24/h4-6,9,13,15-16,19H,7-8,10-12H2,1-3H3/t15-,16+,19?. The molecule has 2 aromatic rings. The summed E-state index contributed by atoms with van der Waals surface area (Å²) in [6.07, 6.45) is 5.27. The molecule has 1 saturated heterocycles. The lowest BCUT2D eigenvalue weighted by Gasteiger charge is -2.27. The molecule has 31 heavy (non-hydrogen) atoms. The van der Waals surface area contributed by atoms with Crippen LogP contribution in [0.3, 0.4) is 0 Å². The van der Waals surface area contributed by atoms with Gasteiger partial charge in [0.2, 0.25) is 5.91 Å². The Balaban J connectivity index is 1.34. The van der Waals surface area contributed by atoms with Crippen molar-refractivity contribution in [1.82, 2.24) is 19.6 Å². The summed E-state index contributed by atoms with van der Waals surface area (Å²) in [4.78, 5) is 30.1. The Labute approximate surface area is 192 Å². The fraction of sp³-hybridized carbons (Fsp3) is 0.500. The van der Waals surface area contributed by atoms with E-state index in [1.165, 1.54) is 16.5 Å². The number of fused-ring (bicyclic) bond motifs is 1. The molecule has 166 valence electrons. The fourth-order valence-corrected chi connectivity index (χ4v) is 5.14. The molecule has 1 aromatic heterocycles. The minimum Gasteiger partial charge on any atom is -0.322 e. The lowest BCUT2D eigenvalue weighted by molar-refractivity contribution is -0.116. The van der Waals surface area contributed by atoms with Crippen LogP contribution in [0.4, 0.5) is 10.5 Å². The van der Waals surface area contributed by atoms with Gasteiger partial charge in [0.05, 0.1) is 18.1 Å². The summed E-state index contributed by atoms with van der Waals surface area (Å²) >= 11 is 12.5. The number of rotatable bonds is 4. The second-order valence-electron chi connectivity index (χ2n) is 8.70. The molecule has 2 fully saturated rings. The van der Waals surface area contributed by atoms with Crippen LogP contribution in [-0.2, 0) is 11.3 Å². The van der Waals surface area contributed by atoms with Crippen molar-refractivity contribution >= 4 is 40.8 Å². The van der Waals surface area contributed by atoms with Gasteiger partial charge in [0.25, 0.3) is 0 Å². The predicted molar refractivity (Wildman–Crippen MR) is 122 cm³/mol. The largest absolute Gasteiger partial charge is 0.344 e. The van der Waals surface area contributed by atoms with E-state index in [1.54, 1.807) is 25.5 Å². The highest BCUT2D eigenvalue weighted by Gasteiger charge is 2.43. The number of carbonyl (C=O) groups excluding carboxylic acids is 2. The second-order valence-corrected chi connectivity index (χ2v) is 9.55. The molecule has 4 rings (SSSR count). The number of likely N-dealkylation sites (tertiary alicyclic amines) is 1. The van der Waals surface area contributed by atoms with Gasteiger partial charge >= 0.3 is 6.03 Å². The van der Waals surface area contributed by atoms with E-state index in [0.29, 0.717) is 28.6 Å². The maximum atomic E-state index is 12.9. The highest BCUT2D eigenvalue weighted by molar-refractivity contribution is 6.33. The number of amides is 2. The average Bonchev–Trinajstić information content (AvgIpc) is 3.44. The Kier molecular flexibility index (Phi) is 6.28. The Morgan fingerprint density at radius 3 is 2.48 bits per heavy atom. The summed E-state index contributed by atoms with van der Waals surface area (Å²) in [6, 6.07) is 5.91. The molecule has 2 aliphatic rings. The fourth-order valence-electron chi connectivity index (χ4n) is 4.76. The normalized spacial score (nSPS) is 22.8. The van der Waals surface area contributed by atoms with Crippen LogP contribution in [0.1, 0.15) is 25.3 Å². The molecule has 1 aromatic carbocycles. The van der Waals surface area contributed by atoms with Crippen LogP contribution in [0.15, 0.2) is 30.6 Å². The van der Waals surface area contributed by atoms with Crippen LogP contribution in [-0.4, -0.2) is 64.7 Å². The highest BCUT2D eigenvalue weighted by atomic mass is 35.5. The van der Waals surface area contributed by atoms with E-state index >= 15 is 0 Å². The molecule has 9 heteroatoms. The molecule has 1 unspecified atom stereocenters. The molecule has 7 nitrogen and oxygen atoms in total. The summed E-state index contributed by atoms with van der Waals surface area (Å²) in [5.74, 6) is 0.874. The van der Waals surface area contributed by atoms with Crippen molar-refractivity contribution in [3.8, 4) is 0 Å². The third-order valence-corrected chi connectivity index (χ3v) is 7.28. The average molecular weight is 464 g/mol. The van der Waals surface area contributed by atoms with Gasteiger partial charge in [-0.05, 0) is 55.5 Å². The summed E-state index contributed by atoms with van der Waals surface area (Å²) in [5.41, 5.74) is 1.65. The third kappa shape index (κ3) is 4.59. The lowest BCUT2D eigenvalue weighted by Crippen LogP contribution is -2.36. The number of carbonyl (C=O) groups is 2. The molecule has 0 N–H and O–H groups in total. The van der Waals surface area contributed by atoms with Crippen molar-refractivity contribution in [2.24, 2.45) is 11.8 Å². The Bertz CT molecular complexity index is 980. The smallest absolute Gasteiger partial charge is 0.322 e. The van der Waals surface area contributed by atoms with E-state index in [1.807, 2.05) is 17.0 Å². The first-order chi connectivity index (χ1) is 14.7. The minimum atomic E-state index is -0.131. The molecule has 1 aliphatic carbocycles. The molecule has 3 atom stereocenters. The van der Waals surface area contributed by atoms with Gasteiger partial charge in [-0.15, -0.1) is 0 Å². The molecule has 0 radical (unpaired) electrons. The van der Waals surface area contributed by atoms with Crippen LogP contribution < -0.4 is 4.90 Å². The van der Waals surface area contributed by atoms with E-state index in [2.05, 4.69) is 17.0 Å². The van der Waals surface area contributed by atoms with E-state index in [9.17, 15) is 9.59 Å². The zero-order valence-corrected chi connectivity index (χ0v) is 19.5. The maximum absolute atomic E-state index is 12.9. The summed E-state index contributed by atoms with van der Waals surface area (Å²) in [6.45, 7) is 3.72. The van der Waals surface area contributed by atoms with Crippen LogP contribution in [0.5, 0.6) is 0 Å². The zero-order valence-electron chi connectivity index (χ0n) is 18.0. The number of hydrogen-bond acceptors (Lipinski definition) is 4. The first-order valence-corrected chi connectivity index (χ1v) is 11.2. The Morgan fingerprint density at radius 2 is 1.84 bits per heavy atom. The van der Waals surface area contributed by atoms with Crippen molar-refractivity contribution < 1.29 is 9.59 Å². The number of hydrogen-bond donors (Lipinski definition) is 0. The Hall–Kier alpha value is -2.09. The number of benzene rings is 1. The van der Waals surface area contributed by atoms with E-state index < -0.39 is 0 Å². The van der Waals surface area contributed by atoms with Gasteiger partial charge in [-0.25, -0.2) is 4.79 Å². The summed E-state index contributed by atoms with van der Waals surface area (Å²) in [7, 11) is 3.80. The number of anilines is 1. The number of aromatic nitrogens is 2. The van der Waals surface area contributed by atoms with Crippen LogP contribution in [0.2, 0.25) is 10.0 Å². The molecule has 0 bridgehead atoms. The van der Waals surface area contributed by atoms with Gasteiger partial charge in [0.15, 0.2) is 0 Å². The van der Waals surface area contributed by atoms with Gasteiger partial charge < -0.3 is 9.80 Å². The predicted octanol–water partition coefficient (Wildman–Crippen LogP) is 3.98. The molecule has 1 saturated carbocycles. The van der Waals surface area contributed by atoms with Crippen molar-refractivity contribution in [2.75, 3.05) is 32.1 Å². The SMILES string of the molecule is CC(=O)N(C)c1cnn(C(=O)N2C[C@H]3CC(N(C)Cc4cc(Cl)ccc4Cl)C[C@H]3C2)c1. The van der Waals surface area contributed by atoms with Crippen molar-refractivity contribution in [1.29, 1.82) is 0 Å². The molecular weight excluding hydrogens is 437 g/mol. The van der Waals surface area contributed by atoms with E-state index in [-0.39, 0.29) is 11.9 Å². The number of halogens is 2. The van der Waals surface area contributed by atoms with E-state index in [4.69, 9.17) is 23.2 Å². The molecule has 2 amide bonds. The van der Waals surface area contributed by atoms with Crippen LogP contribution in [0, 0.1) is 11.8 Å². The Morgan fingerprint density at radius 1 is 1.16 bits per heavy atom. The van der Waals surface area contributed by atoms with Gasteiger partial charge in [-0.1, -0.05) is 23.2 Å². The van der Waals surface area contributed by atoms with Gasteiger partial charge in [0.1, 0.15) is 0 Å². The number of nitrogens with zero attached hydrogens (tertiary/aromatic N) is 5. The summed E-state index contributed by atoms with van der Waals surface area (Å²) in [5, 5.41) is 5.60. The van der Waals surface area contributed by atoms with Crippen LogP contribution in [0.25, 0.3) is 0 Å². The van der Waals surface area contributed by atoms with Gasteiger partial charge in [-0.3, -0.25) is 9.69 Å². The van der Waals surface area contributed by atoms with Crippen LogP contribution >= 0.6 is 23.2 Å². The lowest BCUT2D eigenvalue weighted by atomic mass is 10.0.